The quantitative estimate of drug-likeness (QED) is 0.648. The third kappa shape index (κ3) is 3.66. The van der Waals surface area contributed by atoms with Gasteiger partial charge in [-0.15, -0.1) is 11.3 Å². The molecule has 0 spiro atoms. The summed E-state index contributed by atoms with van der Waals surface area (Å²) < 4.78 is 1.66. The molecule has 6 heteroatoms. The van der Waals surface area contributed by atoms with Crippen molar-refractivity contribution in [3.05, 3.63) is 53.6 Å². The van der Waals surface area contributed by atoms with Crippen LogP contribution in [0.4, 0.5) is 0 Å². The summed E-state index contributed by atoms with van der Waals surface area (Å²) in [5, 5.41) is 4.55. The number of hydrogen-bond donors (Lipinski definition) is 1. The first-order valence-electron chi connectivity index (χ1n) is 5.66. The highest BCUT2D eigenvalue weighted by molar-refractivity contribution is 9.10. The molecule has 1 aromatic heterocycles. The highest BCUT2D eigenvalue weighted by atomic mass is 79.9. The summed E-state index contributed by atoms with van der Waals surface area (Å²) >= 11 is 23.1. The molecule has 19 heavy (non-hydrogen) atoms. The van der Waals surface area contributed by atoms with Crippen LogP contribution in [0.3, 0.4) is 0 Å². The Morgan fingerprint density at radius 1 is 1.21 bits per heavy atom. The molecular weight excluding hydrogens is 388 g/mol. The average molecular weight is 400 g/mol. The molecule has 0 fully saturated rings. The Labute approximate surface area is 140 Å². The second kappa shape index (κ2) is 6.79. The van der Waals surface area contributed by atoms with Crippen molar-refractivity contribution in [2.75, 3.05) is 6.54 Å². The Hall–Kier alpha value is 0.230. The maximum absolute atomic E-state index is 6.11. The first-order chi connectivity index (χ1) is 9.02. The van der Waals surface area contributed by atoms with E-state index in [4.69, 9.17) is 34.8 Å². The molecule has 102 valence electrons. The van der Waals surface area contributed by atoms with Crippen LogP contribution in [-0.4, -0.2) is 6.54 Å². The molecule has 0 amide bonds. The van der Waals surface area contributed by atoms with Crippen molar-refractivity contribution in [3.8, 4) is 0 Å². The zero-order valence-corrected chi connectivity index (χ0v) is 14.7. The van der Waals surface area contributed by atoms with Crippen molar-refractivity contribution in [1.82, 2.24) is 5.32 Å². The van der Waals surface area contributed by atoms with Crippen molar-refractivity contribution in [1.29, 1.82) is 0 Å². The van der Waals surface area contributed by atoms with Crippen LogP contribution in [0.25, 0.3) is 0 Å². The molecule has 1 aromatic carbocycles. The Morgan fingerprint density at radius 2 is 1.95 bits per heavy atom. The molecule has 0 radical (unpaired) electrons. The Morgan fingerprint density at radius 3 is 2.47 bits per heavy atom. The smallest absolute Gasteiger partial charge is 0.107 e. The van der Waals surface area contributed by atoms with Gasteiger partial charge in [-0.25, -0.2) is 0 Å². The average Bonchev–Trinajstić information content (AvgIpc) is 2.70. The standard InChI is InChI=1S/C13H11BrCl3NS/c1-2-18-12(11-6-8(14)13(17)19-11)7-3-4-9(15)10(16)5-7/h3-6,12,18H,2H2,1H3. The Balaban J connectivity index is 2.41. The second-order valence-electron chi connectivity index (χ2n) is 3.93. The fourth-order valence-corrected chi connectivity index (χ4v) is 3.93. The van der Waals surface area contributed by atoms with E-state index in [2.05, 4.69) is 28.2 Å². The lowest BCUT2D eigenvalue weighted by Crippen LogP contribution is -2.21. The predicted molar refractivity (Wildman–Crippen MR) is 89.0 cm³/mol. The minimum absolute atomic E-state index is 0.0635. The van der Waals surface area contributed by atoms with E-state index >= 15 is 0 Å². The molecule has 1 atom stereocenters. The number of hydrogen-bond acceptors (Lipinski definition) is 2. The lowest BCUT2D eigenvalue weighted by molar-refractivity contribution is 0.639. The summed E-state index contributed by atoms with van der Waals surface area (Å²) in [7, 11) is 0. The van der Waals surface area contributed by atoms with Gasteiger partial charge < -0.3 is 5.32 Å². The topological polar surface area (TPSA) is 12.0 Å². The predicted octanol–water partition coefficient (Wildman–Crippen LogP) is 6.17. The third-order valence-corrected chi connectivity index (χ3v) is 5.91. The lowest BCUT2D eigenvalue weighted by atomic mass is 10.1. The van der Waals surface area contributed by atoms with Gasteiger partial charge in [-0.05, 0) is 46.2 Å². The molecule has 0 saturated heterocycles. The number of nitrogens with one attached hydrogen (secondary N) is 1. The normalized spacial score (nSPS) is 12.7. The van der Waals surface area contributed by atoms with Gasteiger partial charge in [0.15, 0.2) is 0 Å². The van der Waals surface area contributed by atoms with Gasteiger partial charge in [0.05, 0.1) is 16.1 Å². The second-order valence-corrected chi connectivity index (χ2v) is 7.29. The molecule has 0 saturated carbocycles. The molecule has 2 aromatic rings. The van der Waals surface area contributed by atoms with Crippen LogP contribution < -0.4 is 5.32 Å². The van der Waals surface area contributed by atoms with Crippen molar-refractivity contribution in [2.24, 2.45) is 0 Å². The van der Waals surface area contributed by atoms with E-state index in [-0.39, 0.29) is 6.04 Å². The van der Waals surface area contributed by atoms with E-state index in [9.17, 15) is 0 Å². The van der Waals surface area contributed by atoms with Crippen molar-refractivity contribution < 1.29 is 0 Å². The molecule has 0 aliphatic rings. The van der Waals surface area contributed by atoms with E-state index in [1.54, 1.807) is 11.3 Å². The van der Waals surface area contributed by atoms with Crippen molar-refractivity contribution in [3.63, 3.8) is 0 Å². The summed E-state index contributed by atoms with van der Waals surface area (Å²) in [4.78, 5) is 1.14. The Kier molecular flexibility index (Phi) is 5.58. The monoisotopic (exact) mass is 397 g/mol. The van der Waals surface area contributed by atoms with Crippen LogP contribution in [0.1, 0.15) is 23.4 Å². The summed E-state index contributed by atoms with van der Waals surface area (Å²) in [5.41, 5.74) is 1.07. The minimum Gasteiger partial charge on any atom is -0.306 e. The van der Waals surface area contributed by atoms with E-state index < -0.39 is 0 Å². The van der Waals surface area contributed by atoms with Crippen LogP contribution >= 0.6 is 62.1 Å². The van der Waals surface area contributed by atoms with E-state index in [1.807, 2.05) is 24.3 Å². The summed E-state index contributed by atoms with van der Waals surface area (Å²) in [6.07, 6.45) is 0. The summed E-state index contributed by atoms with van der Waals surface area (Å²) in [6, 6.07) is 7.77. The van der Waals surface area contributed by atoms with Crippen LogP contribution in [0.2, 0.25) is 14.4 Å². The molecule has 0 aliphatic heterocycles. The minimum atomic E-state index is 0.0635. The zero-order chi connectivity index (χ0) is 14.0. The number of rotatable bonds is 4. The van der Waals surface area contributed by atoms with E-state index in [1.165, 1.54) is 0 Å². The van der Waals surface area contributed by atoms with Gasteiger partial charge in [-0.3, -0.25) is 0 Å². The fourth-order valence-electron chi connectivity index (χ4n) is 1.78. The number of benzene rings is 1. The van der Waals surface area contributed by atoms with Gasteiger partial charge in [0, 0.05) is 9.35 Å². The molecular formula is C13H11BrCl3NS. The number of thiophene rings is 1. The molecule has 1 N–H and O–H groups in total. The fraction of sp³-hybridized carbons (Fsp3) is 0.231. The first kappa shape index (κ1) is 15.6. The van der Waals surface area contributed by atoms with Crippen LogP contribution in [-0.2, 0) is 0 Å². The first-order valence-corrected chi connectivity index (χ1v) is 8.40. The molecule has 0 bridgehead atoms. The largest absolute Gasteiger partial charge is 0.306 e. The van der Waals surface area contributed by atoms with Crippen LogP contribution in [0.5, 0.6) is 0 Å². The van der Waals surface area contributed by atoms with Gasteiger partial charge in [0.2, 0.25) is 0 Å². The van der Waals surface area contributed by atoms with Crippen LogP contribution in [0, 0.1) is 0 Å². The molecule has 1 nitrogen and oxygen atoms in total. The van der Waals surface area contributed by atoms with Crippen molar-refractivity contribution in [2.45, 2.75) is 13.0 Å². The van der Waals surface area contributed by atoms with Crippen LogP contribution in [0.15, 0.2) is 28.7 Å². The summed E-state index contributed by atoms with van der Waals surface area (Å²) in [5.74, 6) is 0. The molecule has 1 unspecified atom stereocenters. The molecule has 1 heterocycles. The number of halogens is 4. The van der Waals surface area contributed by atoms with E-state index in [0.717, 1.165) is 25.8 Å². The van der Waals surface area contributed by atoms with Gasteiger partial charge >= 0.3 is 0 Å². The third-order valence-electron chi connectivity index (χ3n) is 2.63. The van der Waals surface area contributed by atoms with E-state index in [0.29, 0.717) is 10.0 Å². The van der Waals surface area contributed by atoms with Crippen molar-refractivity contribution >= 4 is 62.1 Å². The Bertz CT molecular complexity index is 566. The van der Waals surface area contributed by atoms with Gasteiger partial charge in [0.25, 0.3) is 0 Å². The van der Waals surface area contributed by atoms with Gasteiger partial charge in [-0.1, -0.05) is 47.8 Å². The van der Waals surface area contributed by atoms with Gasteiger partial charge in [-0.2, -0.15) is 0 Å². The SMILES string of the molecule is CCNC(c1ccc(Cl)c(Cl)c1)c1cc(Br)c(Cl)s1. The maximum atomic E-state index is 6.11. The zero-order valence-electron chi connectivity index (χ0n) is 10.0. The summed E-state index contributed by atoms with van der Waals surface area (Å²) in [6.45, 7) is 2.91. The van der Waals surface area contributed by atoms with Gasteiger partial charge in [0.1, 0.15) is 4.34 Å². The highest BCUT2D eigenvalue weighted by Crippen LogP contribution is 2.38. The molecule has 2 rings (SSSR count). The molecule has 0 aliphatic carbocycles. The highest BCUT2D eigenvalue weighted by Gasteiger charge is 2.18. The lowest BCUT2D eigenvalue weighted by Gasteiger charge is -2.17. The maximum Gasteiger partial charge on any atom is 0.107 e.